The average molecular weight is 437 g/mol. The van der Waals surface area contributed by atoms with Crippen molar-refractivity contribution in [2.75, 3.05) is 44.2 Å². The number of amides is 1. The summed E-state index contributed by atoms with van der Waals surface area (Å²) in [5.74, 6) is -0.0730. The van der Waals surface area contributed by atoms with E-state index in [-0.39, 0.29) is 5.91 Å². The number of carbonyl (C=O) groups excluding carboxylic acids is 1. The lowest BCUT2D eigenvalue weighted by molar-refractivity contribution is 0.0950. The molecule has 4 rings (SSSR count). The number of halogens is 1. The van der Waals surface area contributed by atoms with E-state index in [4.69, 9.17) is 11.6 Å². The fraction of sp³-hybridized carbons (Fsp3) is 0.360. The van der Waals surface area contributed by atoms with Crippen LogP contribution in [0.5, 0.6) is 0 Å². The van der Waals surface area contributed by atoms with Gasteiger partial charge in [0.1, 0.15) is 0 Å². The molecule has 6 heteroatoms. The van der Waals surface area contributed by atoms with Crippen LogP contribution in [0.3, 0.4) is 0 Å². The third kappa shape index (κ3) is 5.35. The van der Waals surface area contributed by atoms with Crippen molar-refractivity contribution in [2.24, 2.45) is 0 Å². The quantitative estimate of drug-likeness (QED) is 0.580. The van der Waals surface area contributed by atoms with Crippen molar-refractivity contribution in [3.63, 3.8) is 0 Å². The molecule has 1 saturated heterocycles. The maximum atomic E-state index is 12.7. The fourth-order valence-electron chi connectivity index (χ4n) is 4.13. The van der Waals surface area contributed by atoms with Crippen molar-refractivity contribution in [1.29, 1.82) is 0 Å². The van der Waals surface area contributed by atoms with Crippen LogP contribution in [0.25, 0.3) is 10.9 Å². The highest BCUT2D eigenvalue weighted by Crippen LogP contribution is 2.21. The topological polar surface area (TPSA) is 48.5 Å². The van der Waals surface area contributed by atoms with E-state index < -0.39 is 0 Å². The molecule has 1 N–H and O–H groups in total. The summed E-state index contributed by atoms with van der Waals surface area (Å²) in [6, 6.07) is 16.1. The van der Waals surface area contributed by atoms with Crippen LogP contribution in [0, 0.1) is 13.8 Å². The zero-order valence-corrected chi connectivity index (χ0v) is 19.0. The molecule has 1 aliphatic heterocycles. The Morgan fingerprint density at radius 1 is 1.06 bits per heavy atom. The Morgan fingerprint density at radius 2 is 1.87 bits per heavy atom. The molecule has 31 heavy (non-hydrogen) atoms. The van der Waals surface area contributed by atoms with E-state index >= 15 is 0 Å². The predicted molar refractivity (Wildman–Crippen MR) is 128 cm³/mol. The second-order valence-electron chi connectivity index (χ2n) is 8.24. The average Bonchev–Trinajstić information content (AvgIpc) is 2.77. The van der Waals surface area contributed by atoms with Gasteiger partial charge in [-0.2, -0.15) is 0 Å². The maximum Gasteiger partial charge on any atom is 0.253 e. The Labute approximate surface area is 189 Å². The predicted octanol–water partition coefficient (Wildman–Crippen LogP) is 4.45. The summed E-state index contributed by atoms with van der Waals surface area (Å²) in [7, 11) is 0. The van der Waals surface area contributed by atoms with Crippen molar-refractivity contribution >= 4 is 34.1 Å². The molecule has 1 fully saturated rings. The van der Waals surface area contributed by atoms with Crippen LogP contribution in [0.1, 0.15) is 28.0 Å². The van der Waals surface area contributed by atoms with Gasteiger partial charge in [0.2, 0.25) is 0 Å². The Kier molecular flexibility index (Phi) is 6.73. The summed E-state index contributed by atoms with van der Waals surface area (Å²) in [4.78, 5) is 22.1. The first kappa shape index (κ1) is 21.6. The highest BCUT2D eigenvalue weighted by atomic mass is 35.5. The van der Waals surface area contributed by atoms with Gasteiger partial charge < -0.3 is 10.2 Å². The van der Waals surface area contributed by atoms with Crippen LogP contribution >= 0.6 is 11.6 Å². The minimum absolute atomic E-state index is 0.0730. The van der Waals surface area contributed by atoms with Crippen molar-refractivity contribution in [2.45, 2.75) is 20.3 Å². The van der Waals surface area contributed by atoms with E-state index in [2.05, 4.69) is 51.3 Å². The van der Waals surface area contributed by atoms with Gasteiger partial charge in [0.15, 0.2) is 0 Å². The van der Waals surface area contributed by atoms with Crippen molar-refractivity contribution in [3.05, 3.63) is 70.4 Å². The third-order valence-corrected chi connectivity index (χ3v) is 6.12. The number of aromatic nitrogens is 1. The number of benzene rings is 2. The van der Waals surface area contributed by atoms with E-state index in [0.717, 1.165) is 55.7 Å². The number of fused-ring (bicyclic) bond motifs is 1. The Bertz CT molecular complexity index is 1080. The highest BCUT2D eigenvalue weighted by Gasteiger charge is 2.17. The molecule has 5 nitrogen and oxygen atoms in total. The van der Waals surface area contributed by atoms with Gasteiger partial charge in [-0.1, -0.05) is 23.7 Å². The van der Waals surface area contributed by atoms with Gasteiger partial charge in [0, 0.05) is 48.8 Å². The van der Waals surface area contributed by atoms with Gasteiger partial charge in [0.25, 0.3) is 5.91 Å². The van der Waals surface area contributed by atoms with E-state index in [1.807, 2.05) is 31.2 Å². The standard InChI is InChI=1S/C25H29ClN4O/c1-18-5-3-6-22(15-18)30-13-11-29(12-14-30)10-4-9-27-25(31)23-17-20-16-21(26)7-8-24(20)28-19(23)2/h3,5-8,15-17H,4,9-14H2,1-2H3,(H,27,31). The number of carbonyl (C=O) groups is 1. The first-order valence-electron chi connectivity index (χ1n) is 10.9. The number of aryl methyl sites for hydroxylation is 2. The molecule has 2 heterocycles. The Hall–Kier alpha value is -2.63. The lowest BCUT2D eigenvalue weighted by Gasteiger charge is -2.36. The van der Waals surface area contributed by atoms with Crippen molar-refractivity contribution in [1.82, 2.24) is 15.2 Å². The number of hydrogen-bond donors (Lipinski definition) is 1. The number of nitrogens with one attached hydrogen (secondary N) is 1. The minimum Gasteiger partial charge on any atom is -0.369 e. The number of anilines is 1. The molecular weight excluding hydrogens is 408 g/mol. The Balaban J connectivity index is 1.24. The first-order chi connectivity index (χ1) is 15.0. The summed E-state index contributed by atoms with van der Waals surface area (Å²) in [5.41, 5.74) is 4.81. The smallest absolute Gasteiger partial charge is 0.253 e. The second kappa shape index (κ2) is 9.67. The molecule has 0 unspecified atom stereocenters. The van der Waals surface area contributed by atoms with Gasteiger partial charge >= 0.3 is 0 Å². The molecule has 3 aromatic rings. The summed E-state index contributed by atoms with van der Waals surface area (Å²) < 4.78 is 0. The van der Waals surface area contributed by atoms with Crippen LogP contribution in [0.4, 0.5) is 5.69 Å². The molecular formula is C25H29ClN4O. The first-order valence-corrected chi connectivity index (χ1v) is 11.3. The molecule has 0 radical (unpaired) electrons. The van der Waals surface area contributed by atoms with Crippen LogP contribution in [-0.4, -0.2) is 55.1 Å². The van der Waals surface area contributed by atoms with E-state index in [0.29, 0.717) is 17.1 Å². The fourth-order valence-corrected chi connectivity index (χ4v) is 4.31. The molecule has 1 aromatic heterocycles. The maximum absolute atomic E-state index is 12.7. The molecule has 0 atom stereocenters. The largest absolute Gasteiger partial charge is 0.369 e. The summed E-state index contributed by atoms with van der Waals surface area (Å²) >= 11 is 6.08. The second-order valence-corrected chi connectivity index (χ2v) is 8.67. The van der Waals surface area contributed by atoms with Crippen LogP contribution < -0.4 is 10.2 Å². The van der Waals surface area contributed by atoms with E-state index in [1.165, 1.54) is 11.3 Å². The molecule has 162 valence electrons. The number of piperazine rings is 1. The molecule has 0 aliphatic carbocycles. The van der Waals surface area contributed by atoms with Crippen molar-refractivity contribution in [3.8, 4) is 0 Å². The monoisotopic (exact) mass is 436 g/mol. The van der Waals surface area contributed by atoms with Crippen LogP contribution in [0.2, 0.25) is 5.02 Å². The van der Waals surface area contributed by atoms with Gasteiger partial charge in [-0.3, -0.25) is 14.7 Å². The summed E-state index contributed by atoms with van der Waals surface area (Å²) in [6.07, 6.45) is 0.933. The molecule has 2 aromatic carbocycles. The normalized spacial score (nSPS) is 14.7. The number of pyridine rings is 1. The van der Waals surface area contributed by atoms with Gasteiger partial charge in [-0.05, 0) is 68.8 Å². The number of hydrogen-bond acceptors (Lipinski definition) is 4. The van der Waals surface area contributed by atoms with Gasteiger partial charge in [-0.25, -0.2) is 0 Å². The Morgan fingerprint density at radius 3 is 2.65 bits per heavy atom. The van der Waals surface area contributed by atoms with Crippen LogP contribution in [-0.2, 0) is 0 Å². The molecule has 0 spiro atoms. The number of nitrogens with zero attached hydrogens (tertiary/aromatic N) is 3. The molecule has 0 saturated carbocycles. The van der Waals surface area contributed by atoms with Crippen molar-refractivity contribution < 1.29 is 4.79 Å². The summed E-state index contributed by atoms with van der Waals surface area (Å²) in [6.45, 7) is 9.85. The van der Waals surface area contributed by atoms with E-state index in [1.54, 1.807) is 0 Å². The third-order valence-electron chi connectivity index (χ3n) is 5.89. The minimum atomic E-state index is -0.0730. The van der Waals surface area contributed by atoms with E-state index in [9.17, 15) is 4.79 Å². The van der Waals surface area contributed by atoms with Crippen LogP contribution in [0.15, 0.2) is 48.5 Å². The molecule has 1 amide bonds. The summed E-state index contributed by atoms with van der Waals surface area (Å²) in [5, 5.41) is 4.58. The zero-order valence-electron chi connectivity index (χ0n) is 18.2. The van der Waals surface area contributed by atoms with Gasteiger partial charge in [0.05, 0.1) is 16.8 Å². The zero-order chi connectivity index (χ0) is 21.8. The lowest BCUT2D eigenvalue weighted by atomic mass is 10.1. The number of rotatable bonds is 6. The molecule has 0 bridgehead atoms. The lowest BCUT2D eigenvalue weighted by Crippen LogP contribution is -2.47. The highest BCUT2D eigenvalue weighted by molar-refractivity contribution is 6.31. The van der Waals surface area contributed by atoms with Gasteiger partial charge in [-0.15, -0.1) is 0 Å². The molecule has 1 aliphatic rings. The SMILES string of the molecule is Cc1cccc(N2CCN(CCCNC(=O)c3cc4cc(Cl)ccc4nc3C)CC2)c1.